The lowest BCUT2D eigenvalue weighted by atomic mass is 10.1. The molecule has 0 saturated heterocycles. The first-order valence-electron chi connectivity index (χ1n) is 8.64. The van der Waals surface area contributed by atoms with Crippen molar-refractivity contribution in [3.63, 3.8) is 0 Å². The van der Waals surface area contributed by atoms with Crippen LogP contribution in [0.3, 0.4) is 0 Å². The summed E-state index contributed by atoms with van der Waals surface area (Å²) in [5.74, 6) is -0.971. The number of carbonyl (C=O) groups excluding carboxylic acids is 1. The van der Waals surface area contributed by atoms with Gasteiger partial charge in [0, 0.05) is 25.3 Å². The van der Waals surface area contributed by atoms with Crippen molar-refractivity contribution in [2.75, 3.05) is 40.3 Å². The van der Waals surface area contributed by atoms with E-state index in [0.717, 1.165) is 5.69 Å². The number of benzene rings is 2. The van der Waals surface area contributed by atoms with E-state index in [-0.39, 0.29) is 22.8 Å². The summed E-state index contributed by atoms with van der Waals surface area (Å²) >= 11 is 0. The lowest BCUT2D eigenvalue weighted by Gasteiger charge is -2.14. The predicted molar refractivity (Wildman–Crippen MR) is 110 cm³/mol. The molecule has 8 heteroatoms. The lowest BCUT2D eigenvalue weighted by molar-refractivity contribution is -0.132. The van der Waals surface area contributed by atoms with Gasteiger partial charge in [0.25, 0.3) is 5.91 Å². The van der Waals surface area contributed by atoms with Crippen molar-refractivity contribution in [1.82, 2.24) is 5.32 Å². The Balaban J connectivity index is 2.33. The van der Waals surface area contributed by atoms with E-state index in [9.17, 15) is 14.7 Å². The van der Waals surface area contributed by atoms with Crippen molar-refractivity contribution in [2.45, 2.75) is 0 Å². The Morgan fingerprint density at radius 2 is 1.52 bits per heavy atom. The summed E-state index contributed by atoms with van der Waals surface area (Å²) in [5, 5.41) is 11.9. The zero-order chi connectivity index (χ0) is 21.6. The van der Waals surface area contributed by atoms with E-state index in [0.29, 0.717) is 11.3 Å². The Kier molecular flexibility index (Phi) is 7.08. The number of anilines is 1. The summed E-state index contributed by atoms with van der Waals surface area (Å²) in [6, 6.07) is 10.1. The maximum absolute atomic E-state index is 12.7. The number of methoxy groups -OCH3 is 3. The van der Waals surface area contributed by atoms with Gasteiger partial charge in [-0.3, -0.25) is 4.79 Å². The third kappa shape index (κ3) is 5.19. The van der Waals surface area contributed by atoms with Crippen LogP contribution in [0.15, 0.2) is 42.1 Å². The molecule has 0 heterocycles. The van der Waals surface area contributed by atoms with Crippen LogP contribution in [-0.2, 0) is 4.79 Å². The first-order valence-corrected chi connectivity index (χ1v) is 8.64. The van der Waals surface area contributed by atoms with Crippen LogP contribution >= 0.6 is 0 Å². The van der Waals surface area contributed by atoms with Crippen molar-refractivity contribution in [2.24, 2.45) is 0 Å². The molecule has 0 aliphatic heterocycles. The predicted octanol–water partition coefficient (Wildman–Crippen LogP) is 2.63. The number of hydrogen-bond donors (Lipinski definition) is 2. The number of nitrogens with zero attached hydrogens (tertiary/aromatic N) is 1. The van der Waals surface area contributed by atoms with Gasteiger partial charge in [-0.05, 0) is 35.9 Å². The Labute approximate surface area is 169 Å². The minimum absolute atomic E-state index is 0.162. The fourth-order valence-corrected chi connectivity index (χ4v) is 2.59. The zero-order valence-electron chi connectivity index (χ0n) is 17.0. The average Bonchev–Trinajstić information content (AvgIpc) is 2.72. The normalized spacial score (nSPS) is 10.9. The molecule has 2 N–H and O–H groups in total. The van der Waals surface area contributed by atoms with Gasteiger partial charge in [-0.25, -0.2) is 4.79 Å². The highest BCUT2D eigenvalue weighted by atomic mass is 16.5. The molecule has 0 fully saturated rings. The molecule has 0 radical (unpaired) electrons. The van der Waals surface area contributed by atoms with Crippen molar-refractivity contribution in [1.29, 1.82) is 0 Å². The Morgan fingerprint density at radius 3 is 1.93 bits per heavy atom. The number of carboxylic acid groups (broad SMARTS) is 1. The molecule has 0 aromatic heterocycles. The van der Waals surface area contributed by atoms with Gasteiger partial charge >= 0.3 is 5.97 Å². The Morgan fingerprint density at radius 1 is 0.966 bits per heavy atom. The SMILES string of the molecule is COc1cc(C(=O)NC(=Cc2ccc(N(C)C)cc2)C(=O)O)cc(OC)c1OC. The summed E-state index contributed by atoms with van der Waals surface area (Å²) in [5.41, 5.74) is 1.51. The molecule has 0 atom stereocenters. The van der Waals surface area contributed by atoms with Crippen molar-refractivity contribution in [3.8, 4) is 17.2 Å². The first kappa shape index (κ1) is 21.6. The molecule has 0 unspecified atom stereocenters. The monoisotopic (exact) mass is 400 g/mol. The van der Waals surface area contributed by atoms with Crippen molar-refractivity contribution < 1.29 is 28.9 Å². The largest absolute Gasteiger partial charge is 0.493 e. The third-order valence-corrected chi connectivity index (χ3v) is 4.13. The highest BCUT2D eigenvalue weighted by molar-refractivity contribution is 6.03. The fraction of sp³-hybridized carbons (Fsp3) is 0.238. The van der Waals surface area contributed by atoms with Gasteiger partial charge in [0.15, 0.2) is 11.5 Å². The highest BCUT2D eigenvalue weighted by Gasteiger charge is 2.19. The Bertz CT molecular complexity index is 894. The molecule has 8 nitrogen and oxygen atoms in total. The number of hydrogen-bond acceptors (Lipinski definition) is 6. The van der Waals surface area contributed by atoms with Gasteiger partial charge in [-0.2, -0.15) is 0 Å². The highest BCUT2D eigenvalue weighted by Crippen LogP contribution is 2.38. The van der Waals surface area contributed by atoms with Crippen LogP contribution in [0, 0.1) is 0 Å². The number of carbonyl (C=O) groups is 2. The maximum Gasteiger partial charge on any atom is 0.352 e. The Hall–Kier alpha value is -3.68. The van der Waals surface area contributed by atoms with Gasteiger partial charge in [-0.15, -0.1) is 0 Å². The third-order valence-electron chi connectivity index (χ3n) is 4.13. The van der Waals surface area contributed by atoms with Crippen LogP contribution < -0.4 is 24.4 Å². The van der Waals surface area contributed by atoms with E-state index in [1.165, 1.54) is 39.5 Å². The number of rotatable bonds is 8. The minimum Gasteiger partial charge on any atom is -0.493 e. The van der Waals surface area contributed by atoms with Crippen LogP contribution in [-0.4, -0.2) is 52.4 Å². The summed E-state index contributed by atoms with van der Waals surface area (Å²) in [7, 11) is 8.13. The molecule has 29 heavy (non-hydrogen) atoms. The molecule has 0 aliphatic carbocycles. The van der Waals surface area contributed by atoms with E-state index in [2.05, 4.69) is 5.32 Å². The molecule has 2 rings (SSSR count). The lowest BCUT2D eigenvalue weighted by Crippen LogP contribution is -2.27. The summed E-state index contributed by atoms with van der Waals surface area (Å²) in [4.78, 5) is 26.2. The molecule has 2 aromatic carbocycles. The van der Waals surface area contributed by atoms with E-state index < -0.39 is 11.9 Å². The molecule has 0 saturated carbocycles. The number of ether oxygens (including phenoxy) is 3. The number of nitrogens with one attached hydrogen (secondary N) is 1. The van der Waals surface area contributed by atoms with Crippen LogP contribution in [0.1, 0.15) is 15.9 Å². The molecule has 0 bridgehead atoms. The quantitative estimate of drug-likeness (QED) is 0.658. The smallest absolute Gasteiger partial charge is 0.352 e. The fourth-order valence-electron chi connectivity index (χ4n) is 2.59. The number of amides is 1. The summed E-state index contributed by atoms with van der Waals surface area (Å²) < 4.78 is 15.7. The van der Waals surface area contributed by atoms with Crippen LogP contribution in [0.4, 0.5) is 5.69 Å². The molecule has 154 valence electrons. The van der Waals surface area contributed by atoms with E-state index in [4.69, 9.17) is 14.2 Å². The van der Waals surface area contributed by atoms with Crippen molar-refractivity contribution in [3.05, 3.63) is 53.2 Å². The van der Waals surface area contributed by atoms with Gasteiger partial charge in [0.2, 0.25) is 5.75 Å². The second kappa shape index (κ2) is 9.50. The maximum atomic E-state index is 12.7. The molecule has 0 aliphatic rings. The van der Waals surface area contributed by atoms with Gasteiger partial charge in [-0.1, -0.05) is 12.1 Å². The second-order valence-electron chi connectivity index (χ2n) is 6.22. The van der Waals surface area contributed by atoms with E-state index in [1.54, 1.807) is 12.1 Å². The number of carboxylic acids is 1. The van der Waals surface area contributed by atoms with E-state index >= 15 is 0 Å². The average molecular weight is 400 g/mol. The number of aliphatic carboxylic acids is 1. The van der Waals surface area contributed by atoms with Crippen molar-refractivity contribution >= 4 is 23.6 Å². The summed E-state index contributed by atoms with van der Waals surface area (Å²) in [6.45, 7) is 0. The molecular formula is C21H24N2O6. The first-order chi connectivity index (χ1) is 13.8. The molecule has 0 spiro atoms. The van der Waals surface area contributed by atoms with Gasteiger partial charge in [0.1, 0.15) is 5.70 Å². The topological polar surface area (TPSA) is 97.3 Å². The summed E-state index contributed by atoms with van der Waals surface area (Å²) in [6.07, 6.45) is 1.39. The van der Waals surface area contributed by atoms with E-state index in [1.807, 2.05) is 31.1 Å². The van der Waals surface area contributed by atoms with Gasteiger partial charge in [0.05, 0.1) is 21.3 Å². The molecule has 1 amide bonds. The van der Waals surface area contributed by atoms with Gasteiger partial charge < -0.3 is 29.5 Å². The standard InChI is InChI=1S/C21H24N2O6/c1-23(2)15-8-6-13(7-9-15)10-16(21(25)26)22-20(24)14-11-17(27-3)19(29-5)18(12-14)28-4/h6-12H,1-5H3,(H,22,24)(H,25,26). The minimum atomic E-state index is -1.26. The van der Waals surface area contributed by atoms with Crippen LogP contribution in [0.2, 0.25) is 0 Å². The molecular weight excluding hydrogens is 376 g/mol. The zero-order valence-corrected chi connectivity index (χ0v) is 17.0. The molecule has 2 aromatic rings. The van der Waals surface area contributed by atoms with Crippen LogP contribution in [0.5, 0.6) is 17.2 Å². The second-order valence-corrected chi connectivity index (χ2v) is 6.22. The van der Waals surface area contributed by atoms with Crippen LogP contribution in [0.25, 0.3) is 6.08 Å².